The minimum atomic E-state index is -0.176. The number of aryl methyl sites for hydroxylation is 1. The van der Waals surface area contributed by atoms with Gasteiger partial charge >= 0.3 is 0 Å². The van der Waals surface area contributed by atoms with Gasteiger partial charge in [-0.2, -0.15) is 0 Å². The van der Waals surface area contributed by atoms with Gasteiger partial charge < -0.3 is 10.7 Å². The molecule has 1 amide bonds. The van der Waals surface area contributed by atoms with Gasteiger partial charge in [-0.1, -0.05) is 0 Å². The SMILES string of the molecule is Cc1cc(C(=O)NCc2cscn2)cc(NN)n1. The lowest BCUT2D eigenvalue weighted by Crippen LogP contribution is -2.23. The van der Waals surface area contributed by atoms with Crippen molar-refractivity contribution in [3.05, 3.63) is 40.0 Å². The number of hydrogen-bond acceptors (Lipinski definition) is 6. The molecule has 94 valence electrons. The van der Waals surface area contributed by atoms with Gasteiger partial charge in [-0.3, -0.25) is 4.79 Å². The average Bonchev–Trinajstić information content (AvgIpc) is 2.88. The van der Waals surface area contributed by atoms with Gasteiger partial charge in [0.1, 0.15) is 5.82 Å². The number of anilines is 1. The summed E-state index contributed by atoms with van der Waals surface area (Å²) < 4.78 is 0. The Bertz CT molecular complexity index is 540. The van der Waals surface area contributed by atoms with Gasteiger partial charge in [-0.05, 0) is 19.1 Å². The number of pyridine rings is 1. The fourth-order valence-electron chi connectivity index (χ4n) is 1.47. The fraction of sp³-hybridized carbons (Fsp3) is 0.182. The molecule has 18 heavy (non-hydrogen) atoms. The summed E-state index contributed by atoms with van der Waals surface area (Å²) in [5, 5.41) is 4.68. The molecule has 0 atom stereocenters. The van der Waals surface area contributed by atoms with Gasteiger partial charge in [0.15, 0.2) is 0 Å². The number of nitrogen functional groups attached to an aromatic ring is 1. The molecule has 0 aliphatic rings. The summed E-state index contributed by atoms with van der Waals surface area (Å²) in [4.78, 5) is 20.1. The van der Waals surface area contributed by atoms with Crippen LogP contribution < -0.4 is 16.6 Å². The first-order valence-corrected chi connectivity index (χ1v) is 6.24. The number of nitrogens with one attached hydrogen (secondary N) is 2. The van der Waals surface area contributed by atoms with E-state index in [1.54, 1.807) is 24.6 Å². The highest BCUT2D eigenvalue weighted by molar-refractivity contribution is 7.07. The number of nitrogens with zero attached hydrogens (tertiary/aromatic N) is 2. The van der Waals surface area contributed by atoms with Gasteiger partial charge in [0.2, 0.25) is 0 Å². The molecule has 0 aliphatic carbocycles. The molecular weight excluding hydrogens is 250 g/mol. The third kappa shape index (κ3) is 3.02. The normalized spacial score (nSPS) is 10.1. The number of carbonyl (C=O) groups excluding carboxylic acids is 1. The number of amides is 1. The maximum absolute atomic E-state index is 11.9. The number of nitrogens with two attached hydrogens (primary N) is 1. The van der Waals surface area contributed by atoms with Crippen LogP contribution in [0, 0.1) is 6.92 Å². The molecule has 0 saturated carbocycles. The molecule has 7 heteroatoms. The Labute approximate surface area is 108 Å². The van der Waals surface area contributed by atoms with E-state index in [2.05, 4.69) is 20.7 Å². The first kappa shape index (κ1) is 12.5. The summed E-state index contributed by atoms with van der Waals surface area (Å²) in [6.45, 7) is 2.22. The number of aromatic nitrogens is 2. The number of rotatable bonds is 4. The molecule has 0 bridgehead atoms. The predicted octanol–water partition coefficient (Wildman–Crippen LogP) is 1.06. The monoisotopic (exact) mass is 263 g/mol. The van der Waals surface area contributed by atoms with Crippen LogP contribution in [0.5, 0.6) is 0 Å². The quantitative estimate of drug-likeness (QED) is 0.566. The van der Waals surface area contributed by atoms with E-state index in [0.29, 0.717) is 17.9 Å². The summed E-state index contributed by atoms with van der Waals surface area (Å²) in [7, 11) is 0. The van der Waals surface area contributed by atoms with Crippen LogP contribution in [-0.2, 0) is 6.54 Å². The first-order chi connectivity index (χ1) is 8.69. The highest BCUT2D eigenvalue weighted by Gasteiger charge is 2.08. The van der Waals surface area contributed by atoms with E-state index in [9.17, 15) is 4.79 Å². The number of carbonyl (C=O) groups is 1. The fourth-order valence-corrected chi connectivity index (χ4v) is 2.03. The molecule has 4 N–H and O–H groups in total. The molecule has 0 unspecified atom stereocenters. The van der Waals surface area contributed by atoms with Gasteiger partial charge in [-0.15, -0.1) is 11.3 Å². The van der Waals surface area contributed by atoms with Crippen LogP contribution >= 0.6 is 11.3 Å². The van der Waals surface area contributed by atoms with Crippen molar-refractivity contribution in [1.82, 2.24) is 15.3 Å². The lowest BCUT2D eigenvalue weighted by molar-refractivity contribution is 0.0950. The Balaban J connectivity index is 2.06. The van der Waals surface area contributed by atoms with E-state index in [0.717, 1.165) is 11.4 Å². The molecule has 6 nitrogen and oxygen atoms in total. The van der Waals surface area contributed by atoms with Gasteiger partial charge in [-0.25, -0.2) is 15.8 Å². The minimum Gasteiger partial charge on any atom is -0.346 e. The van der Waals surface area contributed by atoms with Crippen molar-refractivity contribution in [2.75, 3.05) is 5.43 Å². The summed E-state index contributed by atoms with van der Waals surface area (Å²) in [5.41, 5.74) is 6.25. The Hall–Kier alpha value is -1.99. The molecule has 2 rings (SSSR count). The van der Waals surface area contributed by atoms with Gasteiger partial charge in [0.25, 0.3) is 5.91 Å². The summed E-state index contributed by atoms with van der Waals surface area (Å²) in [6, 6.07) is 3.31. The van der Waals surface area contributed by atoms with Crippen molar-refractivity contribution >= 4 is 23.1 Å². The van der Waals surface area contributed by atoms with Crippen LogP contribution in [0.3, 0.4) is 0 Å². The predicted molar refractivity (Wildman–Crippen MR) is 70.1 cm³/mol. The van der Waals surface area contributed by atoms with Crippen LogP contribution in [0.2, 0.25) is 0 Å². The largest absolute Gasteiger partial charge is 0.346 e. The van der Waals surface area contributed by atoms with Crippen molar-refractivity contribution in [1.29, 1.82) is 0 Å². The number of hydrazine groups is 1. The lowest BCUT2D eigenvalue weighted by atomic mass is 10.2. The minimum absolute atomic E-state index is 0.176. The highest BCUT2D eigenvalue weighted by atomic mass is 32.1. The molecule has 0 spiro atoms. The third-order valence-corrected chi connectivity index (χ3v) is 2.91. The number of hydrogen-bond donors (Lipinski definition) is 3. The Kier molecular flexibility index (Phi) is 3.85. The van der Waals surface area contributed by atoms with Gasteiger partial charge in [0.05, 0.1) is 17.7 Å². The van der Waals surface area contributed by atoms with E-state index in [4.69, 9.17) is 5.84 Å². The van der Waals surface area contributed by atoms with E-state index in [1.165, 1.54) is 11.3 Å². The zero-order valence-corrected chi connectivity index (χ0v) is 10.6. The van der Waals surface area contributed by atoms with Crippen LogP contribution in [0.15, 0.2) is 23.0 Å². The smallest absolute Gasteiger partial charge is 0.251 e. The molecule has 2 aromatic heterocycles. The highest BCUT2D eigenvalue weighted by Crippen LogP contribution is 2.09. The topological polar surface area (TPSA) is 92.9 Å². The third-order valence-electron chi connectivity index (χ3n) is 2.28. The van der Waals surface area contributed by atoms with Crippen molar-refractivity contribution < 1.29 is 4.79 Å². The van der Waals surface area contributed by atoms with E-state index < -0.39 is 0 Å². The first-order valence-electron chi connectivity index (χ1n) is 5.29. The van der Waals surface area contributed by atoms with Gasteiger partial charge in [0, 0.05) is 16.6 Å². The number of thiazole rings is 1. The summed E-state index contributed by atoms with van der Waals surface area (Å²) in [6.07, 6.45) is 0. The molecule has 0 aliphatic heterocycles. The van der Waals surface area contributed by atoms with Crippen LogP contribution in [0.1, 0.15) is 21.7 Å². The second-order valence-corrected chi connectivity index (χ2v) is 4.41. The second kappa shape index (κ2) is 5.56. The van der Waals surface area contributed by atoms with Crippen molar-refractivity contribution in [3.63, 3.8) is 0 Å². The molecule has 0 aromatic carbocycles. The molecule has 2 heterocycles. The zero-order chi connectivity index (χ0) is 13.0. The van der Waals surface area contributed by atoms with E-state index >= 15 is 0 Å². The lowest BCUT2D eigenvalue weighted by Gasteiger charge is -2.06. The summed E-state index contributed by atoms with van der Waals surface area (Å²) >= 11 is 1.50. The van der Waals surface area contributed by atoms with Crippen molar-refractivity contribution in [2.24, 2.45) is 5.84 Å². The average molecular weight is 263 g/mol. The molecule has 0 saturated heterocycles. The van der Waals surface area contributed by atoms with Crippen molar-refractivity contribution in [3.8, 4) is 0 Å². The molecular formula is C11H13N5OS. The Morgan fingerprint density at radius 2 is 2.33 bits per heavy atom. The molecule has 0 radical (unpaired) electrons. The maximum atomic E-state index is 11.9. The standard InChI is InChI=1S/C11H13N5OS/c1-7-2-8(3-10(15-7)16-12)11(17)13-4-9-5-18-6-14-9/h2-3,5-6H,4,12H2,1H3,(H,13,17)(H,15,16). The Morgan fingerprint density at radius 1 is 1.50 bits per heavy atom. The van der Waals surface area contributed by atoms with E-state index in [-0.39, 0.29) is 5.91 Å². The molecule has 0 fully saturated rings. The summed E-state index contributed by atoms with van der Waals surface area (Å²) in [5.74, 6) is 5.58. The van der Waals surface area contributed by atoms with Crippen LogP contribution in [-0.4, -0.2) is 15.9 Å². The maximum Gasteiger partial charge on any atom is 0.251 e. The van der Waals surface area contributed by atoms with Crippen LogP contribution in [0.25, 0.3) is 0 Å². The molecule has 2 aromatic rings. The zero-order valence-electron chi connectivity index (χ0n) is 9.80. The van der Waals surface area contributed by atoms with Crippen molar-refractivity contribution in [2.45, 2.75) is 13.5 Å². The van der Waals surface area contributed by atoms with Crippen LogP contribution in [0.4, 0.5) is 5.82 Å². The second-order valence-electron chi connectivity index (χ2n) is 3.69. The van der Waals surface area contributed by atoms with E-state index in [1.807, 2.05) is 5.38 Å². The Morgan fingerprint density at radius 3 is 3.00 bits per heavy atom.